The molecule has 0 aliphatic rings. The molecular formula is C14H11N3O2. The van der Waals surface area contributed by atoms with Gasteiger partial charge in [0.15, 0.2) is 0 Å². The van der Waals surface area contributed by atoms with E-state index in [4.69, 9.17) is 5.26 Å². The van der Waals surface area contributed by atoms with Crippen molar-refractivity contribution in [3.05, 3.63) is 52.3 Å². The molecule has 0 bridgehead atoms. The van der Waals surface area contributed by atoms with Crippen molar-refractivity contribution in [1.82, 2.24) is 4.98 Å². The van der Waals surface area contributed by atoms with Gasteiger partial charge in [-0.05, 0) is 24.3 Å². The molecule has 0 radical (unpaired) electrons. The number of nitrogens with zero attached hydrogens (tertiary/aromatic N) is 1. The minimum Gasteiger partial charge on any atom is -0.326 e. The van der Waals surface area contributed by atoms with Crippen LogP contribution in [0.25, 0.3) is 11.3 Å². The fraction of sp³-hybridized carbons (Fsp3) is 0.0714. The molecule has 1 aromatic heterocycles. The Balaban J connectivity index is 2.42. The molecule has 5 nitrogen and oxygen atoms in total. The summed E-state index contributed by atoms with van der Waals surface area (Å²) in [5, 5.41) is 11.4. The van der Waals surface area contributed by atoms with E-state index in [-0.39, 0.29) is 11.5 Å². The summed E-state index contributed by atoms with van der Waals surface area (Å²) in [6.45, 7) is 1.43. The highest BCUT2D eigenvalue weighted by atomic mass is 16.1. The molecule has 5 heteroatoms. The van der Waals surface area contributed by atoms with E-state index in [1.165, 1.54) is 13.0 Å². The average Bonchev–Trinajstić information content (AvgIpc) is 2.38. The average molecular weight is 253 g/mol. The van der Waals surface area contributed by atoms with E-state index in [0.717, 1.165) is 5.56 Å². The van der Waals surface area contributed by atoms with Crippen molar-refractivity contribution in [2.45, 2.75) is 6.92 Å². The van der Waals surface area contributed by atoms with Gasteiger partial charge in [0.25, 0.3) is 5.56 Å². The summed E-state index contributed by atoms with van der Waals surface area (Å²) >= 11 is 0. The third-order valence-corrected chi connectivity index (χ3v) is 2.52. The molecule has 2 N–H and O–H groups in total. The normalized spacial score (nSPS) is 9.68. The molecular weight excluding hydrogens is 242 g/mol. The van der Waals surface area contributed by atoms with E-state index in [1.807, 2.05) is 12.1 Å². The first-order valence-corrected chi connectivity index (χ1v) is 5.61. The van der Waals surface area contributed by atoms with Gasteiger partial charge in [0, 0.05) is 23.9 Å². The molecule has 0 atom stereocenters. The largest absolute Gasteiger partial charge is 0.326 e. The third-order valence-electron chi connectivity index (χ3n) is 2.52. The van der Waals surface area contributed by atoms with Gasteiger partial charge in [-0.3, -0.25) is 9.59 Å². The van der Waals surface area contributed by atoms with E-state index < -0.39 is 5.56 Å². The van der Waals surface area contributed by atoms with Crippen LogP contribution in [0.5, 0.6) is 0 Å². The number of H-pyrrole nitrogens is 1. The number of benzene rings is 1. The molecule has 0 saturated carbocycles. The van der Waals surface area contributed by atoms with Gasteiger partial charge in [0.05, 0.1) is 0 Å². The molecule has 0 aliphatic heterocycles. The molecule has 19 heavy (non-hydrogen) atoms. The first-order valence-electron chi connectivity index (χ1n) is 5.61. The van der Waals surface area contributed by atoms with Crippen LogP contribution in [0.2, 0.25) is 0 Å². The Labute approximate surface area is 109 Å². The number of pyridine rings is 1. The van der Waals surface area contributed by atoms with Crippen molar-refractivity contribution in [2.75, 3.05) is 5.32 Å². The summed E-state index contributed by atoms with van der Waals surface area (Å²) in [5.41, 5.74) is 1.64. The summed E-state index contributed by atoms with van der Waals surface area (Å²) in [6.07, 6.45) is 0. The molecule has 1 heterocycles. The minimum absolute atomic E-state index is 0.0711. The van der Waals surface area contributed by atoms with Crippen LogP contribution in [0.15, 0.2) is 41.2 Å². The first-order chi connectivity index (χ1) is 9.10. The summed E-state index contributed by atoms with van der Waals surface area (Å²) in [4.78, 5) is 25.2. The van der Waals surface area contributed by atoms with Crippen LogP contribution in [-0.4, -0.2) is 10.9 Å². The van der Waals surface area contributed by atoms with Gasteiger partial charge in [-0.25, -0.2) is 0 Å². The van der Waals surface area contributed by atoms with Crippen LogP contribution in [-0.2, 0) is 4.79 Å². The van der Waals surface area contributed by atoms with Crippen molar-refractivity contribution < 1.29 is 4.79 Å². The smallest absolute Gasteiger partial charge is 0.266 e. The van der Waals surface area contributed by atoms with Crippen LogP contribution in [0, 0.1) is 11.3 Å². The van der Waals surface area contributed by atoms with Gasteiger partial charge in [-0.1, -0.05) is 12.1 Å². The fourth-order valence-corrected chi connectivity index (χ4v) is 1.70. The Hall–Kier alpha value is -2.87. The number of nitriles is 1. The van der Waals surface area contributed by atoms with E-state index in [9.17, 15) is 9.59 Å². The van der Waals surface area contributed by atoms with E-state index in [1.54, 1.807) is 24.3 Å². The van der Waals surface area contributed by atoms with Gasteiger partial charge >= 0.3 is 0 Å². The lowest BCUT2D eigenvalue weighted by atomic mass is 10.1. The number of hydrogen-bond donors (Lipinski definition) is 2. The van der Waals surface area contributed by atoms with Crippen LogP contribution in [0.3, 0.4) is 0 Å². The maximum atomic E-state index is 11.6. The Bertz CT molecular complexity index is 726. The lowest BCUT2D eigenvalue weighted by Crippen LogP contribution is -2.10. The molecule has 2 rings (SSSR count). The maximum absolute atomic E-state index is 11.6. The number of rotatable bonds is 2. The zero-order chi connectivity index (χ0) is 13.8. The first kappa shape index (κ1) is 12.6. The van der Waals surface area contributed by atoms with Gasteiger partial charge in [0.2, 0.25) is 5.91 Å². The van der Waals surface area contributed by atoms with Crippen LogP contribution < -0.4 is 10.9 Å². The number of hydrogen-bond acceptors (Lipinski definition) is 3. The summed E-state index contributed by atoms with van der Waals surface area (Å²) in [5.74, 6) is -0.162. The fourth-order valence-electron chi connectivity index (χ4n) is 1.70. The molecule has 1 amide bonds. The SMILES string of the molecule is CC(=O)Nc1cccc(-c2ccc(C#N)c(=O)[nH]2)c1. The topological polar surface area (TPSA) is 85.8 Å². The highest BCUT2D eigenvalue weighted by molar-refractivity contribution is 5.89. The summed E-state index contributed by atoms with van der Waals surface area (Å²) < 4.78 is 0. The molecule has 0 aliphatic carbocycles. The quantitative estimate of drug-likeness (QED) is 0.856. The second-order valence-corrected chi connectivity index (χ2v) is 3.99. The predicted molar refractivity (Wildman–Crippen MR) is 71.5 cm³/mol. The Morgan fingerprint density at radius 2 is 2.11 bits per heavy atom. The molecule has 0 fully saturated rings. The number of anilines is 1. The third kappa shape index (κ3) is 2.87. The highest BCUT2D eigenvalue weighted by Gasteiger charge is 2.04. The second kappa shape index (κ2) is 5.19. The number of aromatic nitrogens is 1. The number of carbonyl (C=O) groups is 1. The summed E-state index contributed by atoms with van der Waals surface area (Å²) in [6, 6.07) is 12.0. The van der Waals surface area contributed by atoms with Crippen LogP contribution in [0.4, 0.5) is 5.69 Å². The van der Waals surface area contributed by atoms with E-state index in [0.29, 0.717) is 11.4 Å². The van der Waals surface area contributed by atoms with Gasteiger partial charge in [-0.15, -0.1) is 0 Å². The van der Waals surface area contributed by atoms with Crippen molar-refractivity contribution in [3.63, 3.8) is 0 Å². The number of carbonyl (C=O) groups excluding carboxylic acids is 1. The van der Waals surface area contributed by atoms with Crippen molar-refractivity contribution in [1.29, 1.82) is 5.26 Å². The van der Waals surface area contributed by atoms with Gasteiger partial charge in [0.1, 0.15) is 11.6 Å². The highest BCUT2D eigenvalue weighted by Crippen LogP contribution is 2.20. The zero-order valence-corrected chi connectivity index (χ0v) is 10.2. The van der Waals surface area contributed by atoms with Crippen molar-refractivity contribution >= 4 is 11.6 Å². The van der Waals surface area contributed by atoms with Crippen LogP contribution >= 0.6 is 0 Å². The molecule has 2 aromatic rings. The number of amides is 1. The molecule has 94 valence electrons. The van der Waals surface area contributed by atoms with Gasteiger partial charge < -0.3 is 10.3 Å². The molecule has 0 spiro atoms. The minimum atomic E-state index is -0.426. The monoisotopic (exact) mass is 253 g/mol. The number of nitrogens with one attached hydrogen (secondary N) is 2. The molecule has 1 aromatic carbocycles. The lowest BCUT2D eigenvalue weighted by molar-refractivity contribution is -0.114. The van der Waals surface area contributed by atoms with E-state index >= 15 is 0 Å². The Morgan fingerprint density at radius 1 is 1.32 bits per heavy atom. The van der Waals surface area contributed by atoms with Crippen molar-refractivity contribution in [2.24, 2.45) is 0 Å². The summed E-state index contributed by atoms with van der Waals surface area (Å²) in [7, 11) is 0. The van der Waals surface area contributed by atoms with Crippen LogP contribution in [0.1, 0.15) is 12.5 Å². The molecule has 0 unspecified atom stereocenters. The second-order valence-electron chi connectivity index (χ2n) is 3.99. The Morgan fingerprint density at radius 3 is 2.74 bits per heavy atom. The Kier molecular flexibility index (Phi) is 3.44. The lowest BCUT2D eigenvalue weighted by Gasteiger charge is -2.06. The standard InChI is InChI=1S/C14H11N3O2/c1-9(18)16-12-4-2-3-10(7-12)13-6-5-11(8-15)14(19)17-13/h2-7H,1H3,(H,16,18)(H,17,19). The zero-order valence-electron chi connectivity index (χ0n) is 10.2. The van der Waals surface area contributed by atoms with Crippen molar-refractivity contribution in [3.8, 4) is 17.3 Å². The number of aromatic amines is 1. The van der Waals surface area contributed by atoms with Gasteiger partial charge in [-0.2, -0.15) is 5.26 Å². The van der Waals surface area contributed by atoms with E-state index in [2.05, 4.69) is 10.3 Å². The predicted octanol–water partition coefficient (Wildman–Crippen LogP) is 1.87. The molecule has 0 saturated heterocycles. The maximum Gasteiger partial charge on any atom is 0.266 e.